The summed E-state index contributed by atoms with van der Waals surface area (Å²) in [5.41, 5.74) is 1.40. The highest BCUT2D eigenvalue weighted by atomic mass is 19.1. The monoisotopic (exact) mass is 354 g/mol. The van der Waals surface area contributed by atoms with Crippen LogP contribution in [0.25, 0.3) is 0 Å². The average molecular weight is 354 g/mol. The Morgan fingerprint density at radius 2 is 1.65 bits per heavy atom. The summed E-state index contributed by atoms with van der Waals surface area (Å²) in [6.07, 6.45) is 9.10. The van der Waals surface area contributed by atoms with Crippen molar-refractivity contribution in [2.75, 3.05) is 11.9 Å². The minimum atomic E-state index is -0.185. The number of nitrogens with zero attached hydrogens (tertiary/aromatic N) is 3. The first-order valence-corrected chi connectivity index (χ1v) is 9.99. The van der Waals surface area contributed by atoms with E-state index in [1.165, 1.54) is 56.5 Å². The second-order valence-corrected chi connectivity index (χ2v) is 8.91. The van der Waals surface area contributed by atoms with Crippen molar-refractivity contribution in [2.45, 2.75) is 50.4 Å². The first-order valence-electron chi connectivity index (χ1n) is 9.99. The molecule has 26 heavy (non-hydrogen) atoms. The van der Waals surface area contributed by atoms with E-state index in [9.17, 15) is 4.39 Å². The lowest BCUT2D eigenvalue weighted by atomic mass is 9.49. The van der Waals surface area contributed by atoms with Gasteiger partial charge in [0.2, 0.25) is 5.95 Å². The third-order valence-electron chi connectivity index (χ3n) is 7.00. The Morgan fingerprint density at radius 3 is 2.27 bits per heavy atom. The molecule has 0 spiro atoms. The van der Waals surface area contributed by atoms with Crippen molar-refractivity contribution in [3.8, 4) is 0 Å². The number of nitrogens with one attached hydrogen (secondary N) is 1. The molecule has 0 amide bonds. The number of anilines is 1. The van der Waals surface area contributed by atoms with Gasteiger partial charge in [-0.1, -0.05) is 12.1 Å². The Hall–Kier alpha value is -1.91. The first-order chi connectivity index (χ1) is 12.6. The summed E-state index contributed by atoms with van der Waals surface area (Å²) in [4.78, 5) is 0. The molecule has 1 N–H and O–H groups in total. The van der Waals surface area contributed by atoms with Crippen LogP contribution in [-0.4, -0.2) is 21.3 Å². The van der Waals surface area contributed by atoms with Crippen molar-refractivity contribution in [3.05, 3.63) is 41.5 Å². The number of aromatic nitrogens is 3. The molecule has 0 atom stereocenters. The quantitative estimate of drug-likeness (QED) is 0.880. The van der Waals surface area contributed by atoms with Gasteiger partial charge >= 0.3 is 0 Å². The van der Waals surface area contributed by atoms with E-state index in [1.807, 2.05) is 12.1 Å². The van der Waals surface area contributed by atoms with Gasteiger partial charge in [0.1, 0.15) is 11.6 Å². The molecule has 138 valence electrons. The molecule has 1 aromatic carbocycles. The lowest BCUT2D eigenvalue weighted by Gasteiger charge is -2.56. The van der Waals surface area contributed by atoms with Gasteiger partial charge < -0.3 is 9.88 Å². The molecule has 0 saturated heterocycles. The summed E-state index contributed by atoms with van der Waals surface area (Å²) in [6, 6.07) is 6.72. The fourth-order valence-electron chi connectivity index (χ4n) is 6.30. The zero-order valence-corrected chi connectivity index (χ0v) is 15.4. The minimum Gasteiger partial charge on any atom is -0.354 e. The first kappa shape index (κ1) is 16.3. The van der Waals surface area contributed by atoms with Crippen LogP contribution in [0.2, 0.25) is 0 Å². The Bertz CT molecular complexity index is 760. The van der Waals surface area contributed by atoms with Gasteiger partial charge in [-0.2, -0.15) is 0 Å². The van der Waals surface area contributed by atoms with Crippen molar-refractivity contribution in [3.63, 3.8) is 0 Å². The van der Waals surface area contributed by atoms with Gasteiger partial charge in [-0.15, -0.1) is 10.2 Å². The van der Waals surface area contributed by atoms with Crippen molar-refractivity contribution >= 4 is 5.95 Å². The van der Waals surface area contributed by atoms with Crippen LogP contribution < -0.4 is 5.32 Å². The van der Waals surface area contributed by atoms with Crippen molar-refractivity contribution in [1.29, 1.82) is 0 Å². The molecule has 2 aromatic rings. The van der Waals surface area contributed by atoms with Crippen LogP contribution in [0.4, 0.5) is 10.3 Å². The van der Waals surface area contributed by atoms with Gasteiger partial charge in [-0.3, -0.25) is 0 Å². The third kappa shape index (κ3) is 2.72. The van der Waals surface area contributed by atoms with Gasteiger partial charge in [0.15, 0.2) is 0 Å². The Kier molecular flexibility index (Phi) is 3.80. The summed E-state index contributed by atoms with van der Waals surface area (Å²) in [7, 11) is 2.11. The summed E-state index contributed by atoms with van der Waals surface area (Å²) < 4.78 is 15.2. The third-order valence-corrected chi connectivity index (χ3v) is 7.00. The highest BCUT2D eigenvalue weighted by Gasteiger charge is 2.53. The van der Waals surface area contributed by atoms with Crippen molar-refractivity contribution in [1.82, 2.24) is 14.8 Å². The van der Waals surface area contributed by atoms with Gasteiger partial charge in [0, 0.05) is 19.0 Å². The Balaban J connectivity index is 1.29. The van der Waals surface area contributed by atoms with Crippen molar-refractivity contribution in [2.24, 2.45) is 24.8 Å². The summed E-state index contributed by atoms with van der Waals surface area (Å²) in [5, 5.41) is 12.5. The number of benzene rings is 1. The molecule has 5 heteroatoms. The largest absolute Gasteiger partial charge is 0.354 e. The highest BCUT2D eigenvalue weighted by Crippen LogP contribution is 2.60. The van der Waals surface area contributed by atoms with Crippen LogP contribution in [0.15, 0.2) is 24.3 Å². The SMILES string of the molecule is Cn1c(NCCc2ccc(F)cc2)nnc1C12CC3CC(CC(C3)C1)C2. The molecule has 4 bridgehead atoms. The second kappa shape index (κ2) is 6.07. The number of rotatable bonds is 5. The standard InChI is InChI=1S/C21H27FN4/c1-26-19(21-11-15-8-16(12-21)10-17(9-15)13-21)24-25-20(26)23-7-6-14-2-4-18(22)5-3-14/h2-5,15-17H,6-13H2,1H3,(H,23,25). The molecule has 0 unspecified atom stereocenters. The van der Waals surface area contributed by atoms with Crippen LogP contribution in [-0.2, 0) is 18.9 Å². The lowest BCUT2D eigenvalue weighted by Crippen LogP contribution is -2.49. The highest BCUT2D eigenvalue weighted by molar-refractivity contribution is 5.30. The molecule has 0 aliphatic heterocycles. The molecular formula is C21H27FN4. The fraction of sp³-hybridized carbons (Fsp3) is 0.619. The fourth-order valence-corrected chi connectivity index (χ4v) is 6.30. The number of hydrogen-bond acceptors (Lipinski definition) is 3. The van der Waals surface area contributed by atoms with E-state index >= 15 is 0 Å². The predicted molar refractivity (Wildman–Crippen MR) is 99.4 cm³/mol. The zero-order chi connectivity index (χ0) is 17.7. The summed E-state index contributed by atoms with van der Waals surface area (Å²) in [5.74, 6) is 4.60. The van der Waals surface area contributed by atoms with E-state index in [2.05, 4.69) is 27.1 Å². The topological polar surface area (TPSA) is 42.7 Å². The normalized spacial score (nSPS) is 32.2. The Morgan fingerprint density at radius 1 is 1.04 bits per heavy atom. The molecule has 1 aromatic heterocycles. The minimum absolute atomic E-state index is 0.185. The van der Waals surface area contributed by atoms with Crippen LogP contribution in [0.1, 0.15) is 49.9 Å². The maximum Gasteiger partial charge on any atom is 0.224 e. The molecule has 4 fully saturated rings. The number of halogens is 1. The molecule has 4 aliphatic carbocycles. The van der Waals surface area contributed by atoms with Gasteiger partial charge in [-0.25, -0.2) is 4.39 Å². The molecule has 1 heterocycles. The van der Waals surface area contributed by atoms with E-state index in [-0.39, 0.29) is 11.2 Å². The maximum atomic E-state index is 13.0. The van der Waals surface area contributed by atoms with E-state index in [0.717, 1.165) is 42.2 Å². The maximum absolute atomic E-state index is 13.0. The van der Waals surface area contributed by atoms with Crippen LogP contribution in [0.5, 0.6) is 0 Å². The molecule has 0 radical (unpaired) electrons. The summed E-state index contributed by atoms with van der Waals surface area (Å²) >= 11 is 0. The molecule has 4 aliphatic rings. The van der Waals surface area contributed by atoms with E-state index in [1.54, 1.807) is 0 Å². The van der Waals surface area contributed by atoms with Crippen molar-refractivity contribution < 1.29 is 4.39 Å². The Labute approximate surface area is 154 Å². The van der Waals surface area contributed by atoms with Crippen LogP contribution in [0, 0.1) is 23.6 Å². The van der Waals surface area contributed by atoms with Crippen LogP contribution in [0.3, 0.4) is 0 Å². The molecule has 6 rings (SSSR count). The molecule has 4 nitrogen and oxygen atoms in total. The molecular weight excluding hydrogens is 327 g/mol. The predicted octanol–water partition coefficient (Wildman–Crippen LogP) is 4.08. The smallest absolute Gasteiger partial charge is 0.224 e. The van der Waals surface area contributed by atoms with Gasteiger partial charge in [-0.05, 0) is 80.4 Å². The molecule has 4 saturated carbocycles. The summed E-state index contributed by atoms with van der Waals surface area (Å²) in [6.45, 7) is 0.776. The van der Waals surface area contributed by atoms with Crippen LogP contribution >= 0.6 is 0 Å². The van der Waals surface area contributed by atoms with Gasteiger partial charge in [0.05, 0.1) is 0 Å². The zero-order valence-electron chi connectivity index (χ0n) is 15.4. The number of hydrogen-bond donors (Lipinski definition) is 1. The van der Waals surface area contributed by atoms with Gasteiger partial charge in [0.25, 0.3) is 0 Å². The van der Waals surface area contributed by atoms with E-state index < -0.39 is 0 Å². The lowest BCUT2D eigenvalue weighted by molar-refractivity contribution is -0.0107. The van der Waals surface area contributed by atoms with E-state index in [4.69, 9.17) is 0 Å². The average Bonchev–Trinajstić information content (AvgIpc) is 2.97. The second-order valence-electron chi connectivity index (χ2n) is 8.91. The van der Waals surface area contributed by atoms with E-state index in [0.29, 0.717) is 0 Å².